The Morgan fingerprint density at radius 3 is 1.22 bits per heavy atom. The van der Waals surface area contributed by atoms with Crippen molar-refractivity contribution in [1.29, 1.82) is 0 Å². The van der Waals surface area contributed by atoms with E-state index in [1.807, 2.05) is 12.3 Å². The summed E-state index contributed by atoms with van der Waals surface area (Å²) >= 11 is 0. The molecule has 2 heterocycles. The molecule has 0 aliphatic carbocycles. The first-order valence-corrected chi connectivity index (χ1v) is 18.7. The summed E-state index contributed by atoms with van der Waals surface area (Å²) in [5, 5.41) is 3.96. The number of hydrogen-bond donors (Lipinski definition) is 0. The zero-order chi connectivity index (χ0) is 37.7. The summed E-state index contributed by atoms with van der Waals surface area (Å²) in [5.74, 6) is 4.32. The maximum atomic E-state index is 5.14. The van der Waals surface area contributed by atoms with Gasteiger partial charge in [0.1, 0.15) is 5.76 Å². The third-order valence-electron chi connectivity index (χ3n) is 8.64. The lowest BCUT2D eigenvalue weighted by molar-refractivity contribution is 0.363. The van der Waals surface area contributed by atoms with Crippen molar-refractivity contribution in [3.8, 4) is 0 Å². The number of nitrogens with zero attached hydrogens (tertiary/aromatic N) is 2. The molecule has 0 radical (unpaired) electrons. The van der Waals surface area contributed by atoms with Crippen molar-refractivity contribution in [2.75, 3.05) is 0 Å². The number of aromatic nitrogens is 2. The second-order valence-electron chi connectivity index (χ2n) is 17.3. The quantitative estimate of drug-likeness (QED) is 0.205. The van der Waals surface area contributed by atoms with Gasteiger partial charge in [-0.15, -0.1) is 0 Å². The van der Waals surface area contributed by atoms with Crippen molar-refractivity contribution >= 4 is 0 Å². The van der Waals surface area contributed by atoms with Gasteiger partial charge in [0.25, 0.3) is 0 Å². The fourth-order valence-corrected chi connectivity index (χ4v) is 4.67. The van der Waals surface area contributed by atoms with Crippen LogP contribution < -0.4 is 0 Å². The van der Waals surface area contributed by atoms with Crippen LogP contribution in [-0.4, -0.2) is 10.1 Å². The van der Waals surface area contributed by atoms with Crippen molar-refractivity contribution in [2.45, 2.75) is 171 Å². The van der Waals surface area contributed by atoms with E-state index in [-0.39, 0.29) is 10.8 Å². The minimum atomic E-state index is 0.211. The summed E-state index contributed by atoms with van der Waals surface area (Å²) in [6.45, 7) is 39.5. The Hall–Kier alpha value is -3.20. The zero-order valence-electron chi connectivity index (χ0n) is 34.7. The summed E-state index contributed by atoms with van der Waals surface area (Å²) in [7, 11) is 0. The highest BCUT2D eigenvalue weighted by atomic mass is 16.5. The van der Waals surface area contributed by atoms with Gasteiger partial charge in [0.15, 0.2) is 0 Å². The zero-order valence-corrected chi connectivity index (χ0v) is 34.7. The standard InChI is InChI=1S/C13H20.C12H19N.C12H18.C9H15NO/c1-10(2)11-7-6-8-12(9-11)13(3,4)5;1-9(2)11-7-6-10(8-13-11)12(3,4)5;1-9(2)11-5-7-12(8-6-11)10(3)4;1-6(2)8-5-9(7(3)4)11-10-8/h6-10H,1-5H3;6-9H,1-5H3;5-10H,1-4H3;5-7H,1-4H3. The Balaban J connectivity index is 0.000000327. The minimum Gasteiger partial charge on any atom is -0.361 e. The molecule has 272 valence electrons. The summed E-state index contributed by atoms with van der Waals surface area (Å²) in [6, 6.07) is 24.2. The molecule has 3 heteroatoms. The first-order valence-electron chi connectivity index (χ1n) is 18.7. The molecule has 0 spiro atoms. The van der Waals surface area contributed by atoms with Crippen molar-refractivity contribution in [3.63, 3.8) is 0 Å². The molecule has 0 N–H and O–H groups in total. The molecule has 3 nitrogen and oxygen atoms in total. The van der Waals surface area contributed by atoms with Crippen LogP contribution in [0.2, 0.25) is 0 Å². The van der Waals surface area contributed by atoms with Crippen LogP contribution >= 0.6 is 0 Å². The maximum Gasteiger partial charge on any atom is 0.139 e. The van der Waals surface area contributed by atoms with Crippen LogP contribution in [0.4, 0.5) is 0 Å². The molecular weight excluding hydrogens is 597 g/mol. The Labute approximate surface area is 302 Å². The predicted molar refractivity (Wildman–Crippen MR) is 216 cm³/mol. The van der Waals surface area contributed by atoms with Gasteiger partial charge in [0.05, 0.1) is 5.69 Å². The van der Waals surface area contributed by atoms with E-state index in [1.54, 1.807) is 0 Å². The number of pyridine rings is 1. The lowest BCUT2D eigenvalue weighted by Gasteiger charge is -2.20. The van der Waals surface area contributed by atoms with Crippen molar-refractivity contribution in [1.82, 2.24) is 10.1 Å². The highest BCUT2D eigenvalue weighted by molar-refractivity contribution is 5.30. The summed E-state index contributed by atoms with van der Waals surface area (Å²) in [4.78, 5) is 4.44. The molecule has 4 rings (SSSR count). The van der Waals surface area contributed by atoms with Gasteiger partial charge in [-0.2, -0.15) is 0 Å². The monoisotopic (exact) mass is 669 g/mol. The van der Waals surface area contributed by atoms with Crippen molar-refractivity contribution < 1.29 is 4.52 Å². The Morgan fingerprint density at radius 1 is 0.449 bits per heavy atom. The largest absolute Gasteiger partial charge is 0.361 e. The topological polar surface area (TPSA) is 38.9 Å². The molecule has 2 aromatic carbocycles. The average molecular weight is 669 g/mol. The van der Waals surface area contributed by atoms with E-state index < -0.39 is 0 Å². The highest BCUT2D eigenvalue weighted by Gasteiger charge is 2.15. The summed E-state index contributed by atoms with van der Waals surface area (Å²) in [6.07, 6.45) is 2.00. The van der Waals surface area contributed by atoms with E-state index >= 15 is 0 Å². The molecule has 0 amide bonds. The molecule has 0 aliphatic heterocycles. The Morgan fingerprint density at radius 2 is 0.918 bits per heavy atom. The molecule has 0 aliphatic rings. The summed E-state index contributed by atoms with van der Waals surface area (Å²) in [5.41, 5.74) is 9.73. The molecule has 0 fully saturated rings. The van der Waals surface area contributed by atoms with Crippen LogP contribution in [0.5, 0.6) is 0 Å². The van der Waals surface area contributed by atoms with Gasteiger partial charge in [-0.25, -0.2) is 0 Å². The lowest BCUT2D eigenvalue weighted by Crippen LogP contribution is -2.11. The number of benzene rings is 2. The number of rotatable bonds is 6. The highest BCUT2D eigenvalue weighted by Crippen LogP contribution is 2.26. The van der Waals surface area contributed by atoms with E-state index in [2.05, 4.69) is 195 Å². The van der Waals surface area contributed by atoms with Gasteiger partial charge in [-0.1, -0.05) is 184 Å². The third-order valence-corrected chi connectivity index (χ3v) is 8.64. The van der Waals surface area contributed by atoms with Gasteiger partial charge in [0, 0.05) is 23.9 Å². The molecule has 0 unspecified atom stereocenters. The Bertz CT molecular complexity index is 1410. The normalized spacial score (nSPS) is 11.8. The van der Waals surface area contributed by atoms with Crippen molar-refractivity contribution in [2.24, 2.45) is 0 Å². The molecule has 2 aromatic heterocycles. The van der Waals surface area contributed by atoms with Crippen LogP contribution in [0.25, 0.3) is 0 Å². The second kappa shape index (κ2) is 19.9. The van der Waals surface area contributed by atoms with Gasteiger partial charge in [-0.3, -0.25) is 4.98 Å². The second-order valence-corrected chi connectivity index (χ2v) is 17.3. The van der Waals surface area contributed by atoms with Crippen LogP contribution in [-0.2, 0) is 10.8 Å². The molecule has 49 heavy (non-hydrogen) atoms. The van der Waals surface area contributed by atoms with Gasteiger partial charge in [-0.05, 0) is 74.3 Å². The van der Waals surface area contributed by atoms with E-state index in [9.17, 15) is 0 Å². The molecule has 0 atom stereocenters. The van der Waals surface area contributed by atoms with E-state index in [4.69, 9.17) is 4.52 Å². The molecular formula is C46H72N2O. The Kier molecular flexibility index (Phi) is 17.8. The van der Waals surface area contributed by atoms with Crippen molar-refractivity contribution in [3.05, 3.63) is 118 Å². The van der Waals surface area contributed by atoms with Crippen LogP contribution in [0, 0.1) is 0 Å². The first kappa shape index (κ1) is 43.8. The first-order chi connectivity index (χ1) is 22.5. The van der Waals surface area contributed by atoms with E-state index in [0.717, 1.165) is 11.5 Å². The van der Waals surface area contributed by atoms with E-state index in [0.29, 0.717) is 35.5 Å². The SMILES string of the molecule is CC(C)c1cc(C(C)C)on1.CC(C)c1ccc(C(C)(C)C)cn1.CC(C)c1ccc(C(C)C)cc1.CC(C)c1cccc(C(C)(C)C)c1. The third kappa shape index (κ3) is 15.9. The smallest absolute Gasteiger partial charge is 0.139 e. The maximum absolute atomic E-state index is 5.14. The van der Waals surface area contributed by atoms with Gasteiger partial charge >= 0.3 is 0 Å². The molecule has 0 saturated heterocycles. The average Bonchev–Trinajstić information content (AvgIpc) is 3.53. The minimum absolute atomic E-state index is 0.211. The molecule has 4 aromatic rings. The fraction of sp³-hybridized carbons (Fsp3) is 0.565. The fourth-order valence-electron chi connectivity index (χ4n) is 4.67. The van der Waals surface area contributed by atoms with Crippen LogP contribution in [0.15, 0.2) is 77.4 Å². The molecule has 0 saturated carbocycles. The number of hydrogen-bond acceptors (Lipinski definition) is 3. The van der Waals surface area contributed by atoms with Crippen LogP contribution in [0.1, 0.15) is 205 Å². The van der Waals surface area contributed by atoms with Gasteiger partial charge < -0.3 is 4.52 Å². The van der Waals surface area contributed by atoms with Crippen LogP contribution in [0.3, 0.4) is 0 Å². The van der Waals surface area contributed by atoms with Gasteiger partial charge in [0.2, 0.25) is 0 Å². The lowest BCUT2D eigenvalue weighted by atomic mass is 9.85. The molecule has 0 bridgehead atoms. The van der Waals surface area contributed by atoms with E-state index in [1.165, 1.54) is 33.5 Å². The predicted octanol–water partition coefficient (Wildman–Crippen LogP) is 14.5. The summed E-state index contributed by atoms with van der Waals surface area (Å²) < 4.78 is 5.14.